The van der Waals surface area contributed by atoms with E-state index in [-0.39, 0.29) is 5.75 Å². The molecule has 0 radical (unpaired) electrons. The van der Waals surface area contributed by atoms with Crippen LogP contribution < -0.4 is 10.6 Å². The van der Waals surface area contributed by atoms with E-state index in [1.165, 1.54) is 0 Å². The van der Waals surface area contributed by atoms with Crippen molar-refractivity contribution < 1.29 is 5.11 Å². The number of pyridine rings is 1. The number of rotatable bonds is 3. The van der Waals surface area contributed by atoms with E-state index in [0.29, 0.717) is 6.54 Å². The number of hydrogen-bond donors (Lipinski definition) is 2. The maximum absolute atomic E-state index is 9.74. The van der Waals surface area contributed by atoms with Crippen molar-refractivity contribution in [3.05, 3.63) is 60.3 Å². The molecule has 0 unspecified atom stereocenters. The summed E-state index contributed by atoms with van der Waals surface area (Å²) in [5, 5.41) is 11.7. The van der Waals surface area contributed by atoms with Crippen molar-refractivity contribution in [2.24, 2.45) is 5.73 Å². The van der Waals surface area contributed by atoms with Gasteiger partial charge in [0.25, 0.3) is 0 Å². The van der Waals surface area contributed by atoms with Crippen LogP contribution in [0.4, 0.5) is 11.5 Å². The molecule has 1 heterocycles. The predicted molar refractivity (Wildman–Crippen MR) is 85.8 cm³/mol. The van der Waals surface area contributed by atoms with Crippen LogP contribution in [0.25, 0.3) is 10.8 Å². The Morgan fingerprint density at radius 2 is 1.95 bits per heavy atom. The third-order valence-corrected chi connectivity index (χ3v) is 3.62. The lowest BCUT2D eigenvalue weighted by atomic mass is 10.1. The molecule has 0 bridgehead atoms. The molecule has 0 aliphatic carbocycles. The summed E-state index contributed by atoms with van der Waals surface area (Å²) in [5.41, 5.74) is 7.89. The largest absolute Gasteiger partial charge is 0.508 e. The monoisotopic (exact) mass is 279 g/mol. The van der Waals surface area contributed by atoms with E-state index >= 15 is 0 Å². The summed E-state index contributed by atoms with van der Waals surface area (Å²) < 4.78 is 0. The molecule has 0 aliphatic heterocycles. The lowest BCUT2D eigenvalue weighted by Crippen LogP contribution is -2.14. The lowest BCUT2D eigenvalue weighted by molar-refractivity contribution is 0.476. The second-order valence-corrected chi connectivity index (χ2v) is 4.93. The molecule has 21 heavy (non-hydrogen) atoms. The van der Waals surface area contributed by atoms with Crippen LogP contribution in [0.2, 0.25) is 0 Å². The normalized spacial score (nSPS) is 10.8. The van der Waals surface area contributed by atoms with Crippen molar-refractivity contribution in [2.45, 2.75) is 6.54 Å². The zero-order valence-corrected chi connectivity index (χ0v) is 11.8. The van der Waals surface area contributed by atoms with Gasteiger partial charge in [-0.15, -0.1) is 0 Å². The Hall–Kier alpha value is -2.59. The molecule has 0 amide bonds. The van der Waals surface area contributed by atoms with Gasteiger partial charge in [-0.1, -0.05) is 24.3 Å². The SMILES string of the molecule is CN(c1ccccc1CN)c1nccc2ccc(O)cc12. The average Bonchev–Trinajstić information content (AvgIpc) is 2.53. The minimum absolute atomic E-state index is 0.234. The molecule has 0 spiro atoms. The summed E-state index contributed by atoms with van der Waals surface area (Å²) in [6, 6.07) is 15.2. The molecule has 1 aromatic heterocycles. The van der Waals surface area contributed by atoms with Crippen molar-refractivity contribution in [1.82, 2.24) is 4.98 Å². The molecule has 106 valence electrons. The molecule has 0 aliphatic rings. The first-order valence-corrected chi connectivity index (χ1v) is 6.80. The minimum Gasteiger partial charge on any atom is -0.508 e. The van der Waals surface area contributed by atoms with E-state index < -0.39 is 0 Å². The van der Waals surface area contributed by atoms with Gasteiger partial charge in [0, 0.05) is 30.9 Å². The van der Waals surface area contributed by atoms with E-state index in [0.717, 1.165) is 27.8 Å². The summed E-state index contributed by atoms with van der Waals surface area (Å²) in [7, 11) is 1.96. The number of fused-ring (bicyclic) bond motifs is 1. The molecular weight excluding hydrogens is 262 g/mol. The van der Waals surface area contributed by atoms with Gasteiger partial charge in [0.15, 0.2) is 0 Å². The number of phenolic OH excluding ortho intramolecular Hbond substituents is 1. The van der Waals surface area contributed by atoms with Gasteiger partial charge in [-0.25, -0.2) is 4.98 Å². The Kier molecular flexibility index (Phi) is 3.46. The van der Waals surface area contributed by atoms with Gasteiger partial charge in [-0.2, -0.15) is 0 Å². The number of nitrogens with zero attached hydrogens (tertiary/aromatic N) is 2. The van der Waals surface area contributed by atoms with Crippen molar-refractivity contribution in [2.75, 3.05) is 11.9 Å². The quantitative estimate of drug-likeness (QED) is 0.773. The number of hydrogen-bond acceptors (Lipinski definition) is 4. The minimum atomic E-state index is 0.234. The molecule has 0 saturated carbocycles. The summed E-state index contributed by atoms with van der Waals surface area (Å²) in [6.07, 6.45) is 1.77. The molecule has 3 N–H and O–H groups in total. The first-order valence-electron chi connectivity index (χ1n) is 6.80. The highest BCUT2D eigenvalue weighted by Crippen LogP contribution is 2.32. The highest BCUT2D eigenvalue weighted by molar-refractivity contribution is 5.94. The number of aromatic hydroxyl groups is 1. The highest BCUT2D eigenvalue weighted by Gasteiger charge is 2.12. The Morgan fingerprint density at radius 3 is 2.76 bits per heavy atom. The maximum atomic E-state index is 9.74. The number of aromatic nitrogens is 1. The van der Waals surface area contributed by atoms with E-state index in [9.17, 15) is 5.11 Å². The van der Waals surface area contributed by atoms with Crippen LogP contribution in [0.3, 0.4) is 0 Å². The Balaban J connectivity index is 2.17. The lowest BCUT2D eigenvalue weighted by Gasteiger charge is -2.22. The van der Waals surface area contributed by atoms with Crippen molar-refractivity contribution in [3.8, 4) is 5.75 Å². The molecule has 0 fully saturated rings. The van der Waals surface area contributed by atoms with E-state index in [1.807, 2.05) is 48.3 Å². The van der Waals surface area contributed by atoms with Gasteiger partial charge < -0.3 is 15.7 Å². The zero-order valence-electron chi connectivity index (χ0n) is 11.8. The standard InChI is InChI=1S/C17H17N3O/c1-20(16-5-3-2-4-13(16)11-18)17-15-10-14(21)7-6-12(15)8-9-19-17/h2-10,21H,11,18H2,1H3. The van der Waals surface area contributed by atoms with Gasteiger partial charge >= 0.3 is 0 Å². The summed E-state index contributed by atoms with van der Waals surface area (Å²) in [5.74, 6) is 1.03. The molecule has 3 aromatic rings. The van der Waals surface area contributed by atoms with Crippen LogP contribution in [0.5, 0.6) is 5.75 Å². The van der Waals surface area contributed by atoms with Gasteiger partial charge in [-0.3, -0.25) is 0 Å². The number of anilines is 2. The van der Waals surface area contributed by atoms with Crippen LogP contribution in [-0.2, 0) is 6.54 Å². The first kappa shape index (κ1) is 13.4. The van der Waals surface area contributed by atoms with Crippen LogP contribution in [0.1, 0.15) is 5.56 Å². The molecule has 3 rings (SSSR count). The number of phenols is 1. The number of para-hydroxylation sites is 1. The van der Waals surface area contributed by atoms with Gasteiger partial charge in [0.1, 0.15) is 11.6 Å². The fraction of sp³-hybridized carbons (Fsp3) is 0.118. The van der Waals surface area contributed by atoms with Crippen LogP contribution >= 0.6 is 0 Å². The number of benzene rings is 2. The van der Waals surface area contributed by atoms with Crippen LogP contribution in [0, 0.1) is 0 Å². The van der Waals surface area contributed by atoms with Gasteiger partial charge in [0.2, 0.25) is 0 Å². The average molecular weight is 279 g/mol. The second kappa shape index (κ2) is 5.42. The molecule has 4 heteroatoms. The Labute approximate surface area is 123 Å². The maximum Gasteiger partial charge on any atom is 0.140 e. The smallest absolute Gasteiger partial charge is 0.140 e. The second-order valence-electron chi connectivity index (χ2n) is 4.93. The van der Waals surface area contributed by atoms with E-state index in [1.54, 1.807) is 18.3 Å². The molecule has 2 aromatic carbocycles. The predicted octanol–water partition coefficient (Wildman–Crippen LogP) is 3.17. The van der Waals surface area contributed by atoms with Gasteiger partial charge in [-0.05, 0) is 35.2 Å². The molecule has 4 nitrogen and oxygen atoms in total. The molecule has 0 atom stereocenters. The number of nitrogens with two attached hydrogens (primary N) is 1. The third-order valence-electron chi connectivity index (χ3n) is 3.62. The van der Waals surface area contributed by atoms with E-state index in [2.05, 4.69) is 4.98 Å². The highest BCUT2D eigenvalue weighted by atomic mass is 16.3. The summed E-state index contributed by atoms with van der Waals surface area (Å²) in [4.78, 5) is 6.48. The first-order chi connectivity index (χ1) is 10.2. The Morgan fingerprint density at radius 1 is 1.14 bits per heavy atom. The summed E-state index contributed by atoms with van der Waals surface area (Å²) in [6.45, 7) is 0.469. The third kappa shape index (κ3) is 2.41. The summed E-state index contributed by atoms with van der Waals surface area (Å²) >= 11 is 0. The zero-order chi connectivity index (χ0) is 14.8. The van der Waals surface area contributed by atoms with Crippen LogP contribution in [0.15, 0.2) is 54.7 Å². The molecule has 0 saturated heterocycles. The fourth-order valence-corrected chi connectivity index (χ4v) is 2.53. The van der Waals surface area contributed by atoms with Crippen molar-refractivity contribution in [1.29, 1.82) is 0 Å². The topological polar surface area (TPSA) is 62.4 Å². The Bertz CT molecular complexity index is 786. The van der Waals surface area contributed by atoms with Crippen LogP contribution in [-0.4, -0.2) is 17.1 Å². The molecular formula is C17H17N3O. The van der Waals surface area contributed by atoms with Gasteiger partial charge in [0.05, 0.1) is 0 Å². The fourth-order valence-electron chi connectivity index (χ4n) is 2.53. The van der Waals surface area contributed by atoms with Crippen molar-refractivity contribution >= 4 is 22.3 Å². The van der Waals surface area contributed by atoms with E-state index in [4.69, 9.17) is 5.73 Å². The van der Waals surface area contributed by atoms with Crippen molar-refractivity contribution in [3.63, 3.8) is 0 Å².